The average molecular weight is 343 g/mol. The van der Waals surface area contributed by atoms with Crippen molar-refractivity contribution < 1.29 is 13.2 Å². The molecule has 1 aromatic carbocycles. The molecule has 0 bridgehead atoms. The van der Waals surface area contributed by atoms with Crippen LogP contribution in [0.3, 0.4) is 0 Å². The van der Waals surface area contributed by atoms with Crippen LogP contribution in [0.1, 0.15) is 5.56 Å². The molecule has 0 spiro atoms. The molecule has 0 radical (unpaired) electrons. The monoisotopic (exact) mass is 341 g/mol. The van der Waals surface area contributed by atoms with Crippen molar-refractivity contribution in [2.24, 2.45) is 0 Å². The van der Waals surface area contributed by atoms with Gasteiger partial charge in [-0.1, -0.05) is 34.8 Å². The van der Waals surface area contributed by atoms with E-state index in [1.165, 1.54) is 12.1 Å². The summed E-state index contributed by atoms with van der Waals surface area (Å²) in [6, 6.07) is 3.55. The number of hydrogen-bond acceptors (Lipinski definition) is 1. The minimum absolute atomic E-state index is 0.0784. The molecule has 1 heterocycles. The SMILES string of the molecule is O=c1cc(-c2c(Cl)cc(Cl)cc2Cl)[nH]cc1C(F)(F)F. The van der Waals surface area contributed by atoms with E-state index in [-0.39, 0.29) is 26.3 Å². The van der Waals surface area contributed by atoms with Crippen molar-refractivity contribution in [3.05, 3.63) is 55.3 Å². The molecular weight excluding hydrogens is 337 g/mol. The van der Waals surface area contributed by atoms with Gasteiger partial charge in [0.2, 0.25) is 0 Å². The molecular formula is C12H5Cl3F3NO. The molecule has 0 aliphatic rings. The Bertz CT molecular complexity index is 702. The van der Waals surface area contributed by atoms with Crippen LogP contribution in [0.4, 0.5) is 13.2 Å². The summed E-state index contributed by atoms with van der Waals surface area (Å²) >= 11 is 17.6. The van der Waals surface area contributed by atoms with E-state index < -0.39 is 17.2 Å². The highest BCUT2D eigenvalue weighted by Gasteiger charge is 2.33. The molecule has 0 aliphatic heterocycles. The van der Waals surface area contributed by atoms with Crippen molar-refractivity contribution in [3.8, 4) is 11.3 Å². The predicted octanol–water partition coefficient (Wildman–Crippen LogP) is 5.02. The number of H-pyrrole nitrogens is 1. The maximum absolute atomic E-state index is 12.5. The second kappa shape index (κ2) is 5.31. The fourth-order valence-electron chi connectivity index (χ4n) is 1.64. The van der Waals surface area contributed by atoms with Gasteiger partial charge in [0, 0.05) is 22.8 Å². The molecule has 20 heavy (non-hydrogen) atoms. The van der Waals surface area contributed by atoms with Gasteiger partial charge in [-0.3, -0.25) is 4.79 Å². The van der Waals surface area contributed by atoms with E-state index in [1.54, 1.807) is 0 Å². The maximum Gasteiger partial charge on any atom is 0.421 e. The summed E-state index contributed by atoms with van der Waals surface area (Å²) in [5.41, 5.74) is -2.17. The van der Waals surface area contributed by atoms with Crippen LogP contribution in [0.25, 0.3) is 11.3 Å². The largest absolute Gasteiger partial charge is 0.421 e. The molecule has 1 N–H and O–H groups in total. The van der Waals surface area contributed by atoms with Gasteiger partial charge >= 0.3 is 6.18 Å². The van der Waals surface area contributed by atoms with E-state index in [2.05, 4.69) is 4.98 Å². The number of hydrogen-bond donors (Lipinski definition) is 1. The van der Waals surface area contributed by atoms with Crippen LogP contribution < -0.4 is 5.43 Å². The van der Waals surface area contributed by atoms with Gasteiger partial charge in [0.25, 0.3) is 0 Å². The van der Waals surface area contributed by atoms with Crippen molar-refractivity contribution in [1.29, 1.82) is 0 Å². The molecule has 2 nitrogen and oxygen atoms in total. The predicted molar refractivity (Wildman–Crippen MR) is 72.5 cm³/mol. The van der Waals surface area contributed by atoms with Crippen LogP contribution in [0.2, 0.25) is 15.1 Å². The minimum Gasteiger partial charge on any atom is -0.360 e. The lowest BCUT2D eigenvalue weighted by Crippen LogP contribution is -2.19. The zero-order valence-electron chi connectivity index (χ0n) is 9.49. The third kappa shape index (κ3) is 2.95. The molecule has 0 amide bonds. The molecule has 0 saturated carbocycles. The van der Waals surface area contributed by atoms with Gasteiger partial charge in [0.15, 0.2) is 5.43 Å². The van der Waals surface area contributed by atoms with Crippen LogP contribution >= 0.6 is 34.8 Å². The van der Waals surface area contributed by atoms with Crippen molar-refractivity contribution in [2.75, 3.05) is 0 Å². The van der Waals surface area contributed by atoms with E-state index >= 15 is 0 Å². The van der Waals surface area contributed by atoms with Crippen molar-refractivity contribution in [1.82, 2.24) is 4.98 Å². The number of benzene rings is 1. The summed E-state index contributed by atoms with van der Waals surface area (Å²) < 4.78 is 37.5. The highest BCUT2D eigenvalue weighted by Crippen LogP contribution is 2.36. The summed E-state index contributed by atoms with van der Waals surface area (Å²) in [6.45, 7) is 0. The van der Waals surface area contributed by atoms with Crippen LogP contribution in [0.15, 0.2) is 29.2 Å². The van der Waals surface area contributed by atoms with Gasteiger partial charge in [0.1, 0.15) is 5.56 Å². The molecule has 0 saturated heterocycles. The van der Waals surface area contributed by atoms with Crippen LogP contribution in [0.5, 0.6) is 0 Å². The summed E-state index contributed by atoms with van der Waals surface area (Å²) in [4.78, 5) is 13.9. The Balaban J connectivity index is 2.62. The van der Waals surface area contributed by atoms with E-state index in [0.29, 0.717) is 6.20 Å². The number of pyridine rings is 1. The Kier molecular flexibility index (Phi) is 4.04. The van der Waals surface area contributed by atoms with Gasteiger partial charge in [-0.05, 0) is 12.1 Å². The zero-order valence-corrected chi connectivity index (χ0v) is 11.8. The van der Waals surface area contributed by atoms with E-state index in [9.17, 15) is 18.0 Å². The molecule has 2 aromatic rings. The smallest absolute Gasteiger partial charge is 0.360 e. The first-order chi connectivity index (χ1) is 9.20. The highest BCUT2D eigenvalue weighted by molar-refractivity contribution is 6.41. The number of aromatic amines is 1. The standard InChI is InChI=1S/C12H5Cl3F3NO/c13-5-1-7(14)11(8(15)2-5)9-3-10(20)6(4-19-9)12(16,17)18/h1-4H,(H,19,20). The Hall–Kier alpha value is -1.17. The Morgan fingerprint density at radius 3 is 2.00 bits per heavy atom. The molecule has 0 fully saturated rings. The third-order valence-electron chi connectivity index (χ3n) is 2.49. The second-order valence-electron chi connectivity index (χ2n) is 3.87. The summed E-state index contributed by atoms with van der Waals surface area (Å²) in [5, 5.41) is 0.522. The normalized spacial score (nSPS) is 11.7. The molecule has 8 heteroatoms. The fraction of sp³-hybridized carbons (Fsp3) is 0.0833. The van der Waals surface area contributed by atoms with Crippen molar-refractivity contribution in [3.63, 3.8) is 0 Å². The highest BCUT2D eigenvalue weighted by atomic mass is 35.5. The number of alkyl halides is 3. The van der Waals surface area contributed by atoms with Gasteiger partial charge in [-0.25, -0.2) is 0 Å². The number of rotatable bonds is 1. The maximum atomic E-state index is 12.5. The minimum atomic E-state index is -4.72. The molecule has 2 rings (SSSR count). The van der Waals surface area contributed by atoms with Crippen molar-refractivity contribution >= 4 is 34.8 Å². The first-order valence-electron chi connectivity index (χ1n) is 5.15. The lowest BCUT2D eigenvalue weighted by Gasteiger charge is -2.10. The van der Waals surface area contributed by atoms with Crippen LogP contribution in [-0.2, 0) is 6.18 Å². The number of halogens is 6. The fourth-order valence-corrected chi connectivity index (χ4v) is 2.66. The molecule has 0 atom stereocenters. The second-order valence-corrected chi connectivity index (χ2v) is 5.12. The van der Waals surface area contributed by atoms with Gasteiger partial charge in [0.05, 0.1) is 15.7 Å². The lowest BCUT2D eigenvalue weighted by molar-refractivity contribution is -0.138. The summed E-state index contributed by atoms with van der Waals surface area (Å²) in [7, 11) is 0. The Morgan fingerprint density at radius 1 is 1.00 bits per heavy atom. The van der Waals surface area contributed by atoms with E-state index in [1.807, 2.05) is 0 Å². The number of aromatic nitrogens is 1. The third-order valence-corrected chi connectivity index (χ3v) is 3.31. The molecule has 1 aromatic heterocycles. The molecule has 106 valence electrons. The Morgan fingerprint density at radius 2 is 1.55 bits per heavy atom. The van der Waals surface area contributed by atoms with Gasteiger partial charge < -0.3 is 4.98 Å². The summed E-state index contributed by atoms with van der Waals surface area (Å²) in [6.07, 6.45) is -4.14. The van der Waals surface area contributed by atoms with E-state index in [0.717, 1.165) is 6.07 Å². The zero-order chi connectivity index (χ0) is 15.1. The summed E-state index contributed by atoms with van der Waals surface area (Å²) in [5.74, 6) is 0. The van der Waals surface area contributed by atoms with E-state index in [4.69, 9.17) is 34.8 Å². The first kappa shape index (κ1) is 15.2. The Labute approximate surface area is 126 Å². The first-order valence-corrected chi connectivity index (χ1v) is 6.28. The molecule has 0 aliphatic carbocycles. The average Bonchev–Trinajstić information content (AvgIpc) is 2.25. The van der Waals surface area contributed by atoms with Crippen LogP contribution in [0, 0.1) is 0 Å². The lowest BCUT2D eigenvalue weighted by atomic mass is 10.1. The topological polar surface area (TPSA) is 32.9 Å². The van der Waals surface area contributed by atoms with Crippen LogP contribution in [-0.4, -0.2) is 4.98 Å². The number of nitrogens with one attached hydrogen (secondary N) is 1. The van der Waals surface area contributed by atoms with Gasteiger partial charge in [-0.15, -0.1) is 0 Å². The van der Waals surface area contributed by atoms with Gasteiger partial charge in [-0.2, -0.15) is 13.2 Å². The van der Waals surface area contributed by atoms with Crippen molar-refractivity contribution in [2.45, 2.75) is 6.18 Å². The quantitative estimate of drug-likeness (QED) is 0.775. The molecule has 0 unspecified atom stereocenters.